The summed E-state index contributed by atoms with van der Waals surface area (Å²) >= 11 is 1.12. The van der Waals surface area contributed by atoms with E-state index in [4.69, 9.17) is 0 Å². The molecule has 2 aromatic rings. The Hall–Kier alpha value is -1.18. The van der Waals surface area contributed by atoms with Gasteiger partial charge in [-0.25, -0.2) is 13.1 Å². The molecule has 1 N–H and O–H groups in total. The molecule has 7 heteroatoms. The maximum absolute atomic E-state index is 12.8. The van der Waals surface area contributed by atoms with Crippen molar-refractivity contribution in [2.45, 2.75) is 75.8 Å². The molecule has 0 spiro atoms. The molecular weight excluding hydrogens is 356 g/mol. The lowest BCUT2D eigenvalue weighted by molar-refractivity contribution is 0.426. The lowest BCUT2D eigenvalue weighted by Gasteiger charge is -2.21. The van der Waals surface area contributed by atoms with Crippen molar-refractivity contribution in [1.29, 1.82) is 0 Å². The molecule has 138 valence electrons. The number of benzene rings is 1. The van der Waals surface area contributed by atoms with Crippen molar-refractivity contribution in [3.05, 3.63) is 27.9 Å². The maximum atomic E-state index is 12.8. The van der Waals surface area contributed by atoms with Crippen molar-refractivity contribution in [3.63, 3.8) is 0 Å². The first-order valence-electron chi connectivity index (χ1n) is 9.17. The molecule has 1 aromatic carbocycles. The van der Waals surface area contributed by atoms with Crippen LogP contribution in [-0.2, 0) is 16.6 Å². The first-order chi connectivity index (χ1) is 12.0. The smallest absolute Gasteiger partial charge is 0.299 e. The van der Waals surface area contributed by atoms with Gasteiger partial charge in [-0.2, -0.15) is 0 Å². The molecule has 1 saturated carbocycles. The molecule has 0 bridgehead atoms. The lowest BCUT2D eigenvalue weighted by atomic mass is 9.97. The van der Waals surface area contributed by atoms with E-state index < -0.39 is 10.0 Å². The third kappa shape index (κ3) is 4.33. The van der Waals surface area contributed by atoms with Crippen molar-refractivity contribution in [2.75, 3.05) is 0 Å². The summed E-state index contributed by atoms with van der Waals surface area (Å²) in [6.45, 7) is 2.68. The van der Waals surface area contributed by atoms with Gasteiger partial charge in [-0.15, -0.1) is 0 Å². The van der Waals surface area contributed by atoms with E-state index in [1.54, 1.807) is 22.8 Å². The largest absolute Gasteiger partial charge is 0.308 e. The van der Waals surface area contributed by atoms with E-state index in [0.717, 1.165) is 53.7 Å². The van der Waals surface area contributed by atoms with E-state index in [1.165, 1.54) is 19.3 Å². The molecule has 5 nitrogen and oxygen atoms in total. The van der Waals surface area contributed by atoms with Gasteiger partial charge in [0, 0.05) is 12.6 Å². The van der Waals surface area contributed by atoms with Crippen LogP contribution < -0.4 is 9.60 Å². The number of nitrogens with zero attached hydrogens (tertiary/aromatic N) is 1. The van der Waals surface area contributed by atoms with Gasteiger partial charge >= 0.3 is 4.87 Å². The van der Waals surface area contributed by atoms with Crippen molar-refractivity contribution < 1.29 is 8.42 Å². The van der Waals surface area contributed by atoms with Crippen LogP contribution in [0.2, 0.25) is 0 Å². The minimum Gasteiger partial charge on any atom is -0.299 e. The number of sulfonamides is 1. The van der Waals surface area contributed by atoms with Gasteiger partial charge in [0.05, 0.1) is 15.1 Å². The zero-order chi connectivity index (χ0) is 17.9. The highest BCUT2D eigenvalue weighted by atomic mass is 32.2. The van der Waals surface area contributed by atoms with Crippen molar-refractivity contribution in [1.82, 2.24) is 9.29 Å². The molecule has 0 unspecified atom stereocenters. The molecule has 25 heavy (non-hydrogen) atoms. The van der Waals surface area contributed by atoms with Crippen LogP contribution in [-0.4, -0.2) is 19.0 Å². The molecule has 0 radical (unpaired) electrons. The molecule has 0 saturated heterocycles. The van der Waals surface area contributed by atoms with Crippen LogP contribution >= 0.6 is 11.3 Å². The molecular formula is C18H26N2O3S2. The summed E-state index contributed by atoms with van der Waals surface area (Å²) in [4.78, 5) is 12.3. The number of nitrogens with one attached hydrogen (secondary N) is 1. The number of fused-ring (bicyclic) bond motifs is 1. The molecule has 1 aliphatic carbocycles. The predicted molar refractivity (Wildman–Crippen MR) is 103 cm³/mol. The van der Waals surface area contributed by atoms with Gasteiger partial charge in [-0.05, 0) is 37.5 Å². The second kappa shape index (κ2) is 8.01. The van der Waals surface area contributed by atoms with Crippen molar-refractivity contribution in [3.8, 4) is 0 Å². The van der Waals surface area contributed by atoms with Crippen LogP contribution in [0.3, 0.4) is 0 Å². The highest BCUT2D eigenvalue weighted by molar-refractivity contribution is 7.89. The summed E-state index contributed by atoms with van der Waals surface area (Å²) in [5.41, 5.74) is 0.821. The third-order valence-corrected chi connectivity index (χ3v) is 7.28. The molecule has 1 fully saturated rings. The van der Waals surface area contributed by atoms with Crippen LogP contribution in [0.4, 0.5) is 0 Å². The van der Waals surface area contributed by atoms with Gasteiger partial charge in [0.15, 0.2) is 0 Å². The zero-order valence-corrected chi connectivity index (χ0v) is 16.3. The van der Waals surface area contributed by atoms with Gasteiger partial charge in [0.1, 0.15) is 0 Å². The van der Waals surface area contributed by atoms with E-state index in [0.29, 0.717) is 6.54 Å². The van der Waals surface area contributed by atoms with E-state index in [1.807, 2.05) is 6.92 Å². The van der Waals surface area contributed by atoms with Crippen LogP contribution in [0.1, 0.15) is 58.3 Å². The molecule has 1 aromatic heterocycles. The standard InChI is InChI=1S/C18H26N2O3S2/c1-2-12-20-16-11-10-15(13-17(16)24-18(20)21)25(22,23)19-14-8-6-4-3-5-7-9-14/h10-11,13-14,19H,2-9,12H2,1H3. The highest BCUT2D eigenvalue weighted by Crippen LogP contribution is 2.24. The van der Waals surface area contributed by atoms with Gasteiger partial charge in [-0.3, -0.25) is 9.36 Å². The number of aryl methyl sites for hydroxylation is 1. The number of hydrogen-bond donors (Lipinski definition) is 1. The van der Waals surface area contributed by atoms with Crippen molar-refractivity contribution in [2.24, 2.45) is 0 Å². The molecule has 0 amide bonds. The van der Waals surface area contributed by atoms with Crippen LogP contribution in [0.15, 0.2) is 27.9 Å². The number of hydrogen-bond acceptors (Lipinski definition) is 4. The molecule has 1 aliphatic rings. The Kier molecular flexibility index (Phi) is 5.96. The normalized spacial score (nSPS) is 17.5. The van der Waals surface area contributed by atoms with E-state index in [2.05, 4.69) is 4.72 Å². The minimum atomic E-state index is -3.55. The van der Waals surface area contributed by atoms with Gasteiger partial charge in [0.25, 0.3) is 0 Å². The molecule has 3 rings (SSSR count). The van der Waals surface area contributed by atoms with Crippen molar-refractivity contribution >= 4 is 31.6 Å². The predicted octanol–water partition coefficient (Wildman–Crippen LogP) is 3.86. The van der Waals surface area contributed by atoms with Crippen LogP contribution in [0.5, 0.6) is 0 Å². The summed E-state index contributed by atoms with van der Waals surface area (Å²) in [6, 6.07) is 5.03. The Morgan fingerprint density at radius 1 is 1.16 bits per heavy atom. The second-order valence-electron chi connectivity index (χ2n) is 6.81. The third-order valence-electron chi connectivity index (χ3n) is 4.82. The SMILES string of the molecule is CCCn1c(=O)sc2cc(S(=O)(=O)NC3CCCCCCC3)ccc21. The fourth-order valence-corrected chi connectivity index (χ4v) is 5.87. The summed E-state index contributed by atoms with van der Waals surface area (Å²) < 4.78 is 30.9. The number of aromatic nitrogens is 1. The highest BCUT2D eigenvalue weighted by Gasteiger charge is 2.21. The second-order valence-corrected chi connectivity index (χ2v) is 9.52. The monoisotopic (exact) mass is 382 g/mol. The molecule has 1 heterocycles. The van der Waals surface area contributed by atoms with Gasteiger partial charge < -0.3 is 0 Å². The number of thiazole rings is 1. The minimum absolute atomic E-state index is 0.0180. The first-order valence-corrected chi connectivity index (χ1v) is 11.5. The Balaban J connectivity index is 1.85. The Morgan fingerprint density at radius 2 is 1.84 bits per heavy atom. The first kappa shape index (κ1) is 18.6. The fraction of sp³-hybridized carbons (Fsp3) is 0.611. The van der Waals surface area contributed by atoms with Gasteiger partial charge in [-0.1, -0.05) is 50.4 Å². The zero-order valence-electron chi connectivity index (χ0n) is 14.7. The summed E-state index contributed by atoms with van der Waals surface area (Å²) in [7, 11) is -3.55. The lowest BCUT2D eigenvalue weighted by Crippen LogP contribution is -2.35. The molecule has 0 atom stereocenters. The topological polar surface area (TPSA) is 68.2 Å². The van der Waals surface area contributed by atoms with Gasteiger partial charge in [0.2, 0.25) is 10.0 Å². The quantitative estimate of drug-likeness (QED) is 0.854. The van der Waals surface area contributed by atoms with Crippen LogP contribution in [0, 0.1) is 0 Å². The average Bonchev–Trinajstić information content (AvgIpc) is 2.85. The fourth-order valence-electron chi connectivity index (χ4n) is 3.51. The maximum Gasteiger partial charge on any atom is 0.308 e. The summed E-state index contributed by atoms with van der Waals surface area (Å²) in [5.74, 6) is 0. The van der Waals surface area contributed by atoms with Crippen LogP contribution in [0.25, 0.3) is 10.2 Å². The Labute approximate surface area is 153 Å². The summed E-state index contributed by atoms with van der Waals surface area (Å²) in [6.07, 6.45) is 8.45. The average molecular weight is 383 g/mol. The summed E-state index contributed by atoms with van der Waals surface area (Å²) in [5, 5.41) is 0. The number of rotatable bonds is 5. The Morgan fingerprint density at radius 3 is 2.52 bits per heavy atom. The van der Waals surface area contributed by atoms with E-state index in [-0.39, 0.29) is 15.8 Å². The van der Waals surface area contributed by atoms with E-state index in [9.17, 15) is 13.2 Å². The van der Waals surface area contributed by atoms with E-state index >= 15 is 0 Å². The molecule has 0 aliphatic heterocycles. The Bertz CT molecular complexity index is 875.